The van der Waals surface area contributed by atoms with Gasteiger partial charge in [0.1, 0.15) is 5.82 Å². The van der Waals surface area contributed by atoms with Crippen molar-refractivity contribution >= 4 is 29.1 Å². The monoisotopic (exact) mass is 405 g/mol. The maximum absolute atomic E-state index is 13.0. The first-order valence-corrected chi connectivity index (χ1v) is 9.33. The smallest absolute Gasteiger partial charge is 0.255 e. The lowest BCUT2D eigenvalue weighted by molar-refractivity contribution is 0.0953. The van der Waals surface area contributed by atoms with Crippen LogP contribution in [-0.2, 0) is 0 Å². The predicted molar refractivity (Wildman–Crippen MR) is 113 cm³/mol. The summed E-state index contributed by atoms with van der Waals surface area (Å²) in [5, 5.41) is 8.12. The third-order valence-corrected chi connectivity index (χ3v) is 4.21. The van der Waals surface area contributed by atoms with Crippen molar-refractivity contribution in [2.24, 2.45) is 0 Å². The molecule has 152 valence electrons. The molecular formula is C23H20FN3O3. The Hall–Kier alpha value is -4.00. The van der Waals surface area contributed by atoms with E-state index in [1.807, 2.05) is 6.92 Å². The quantitative estimate of drug-likeness (QED) is 0.578. The highest BCUT2D eigenvalue weighted by Crippen LogP contribution is 2.16. The topological polar surface area (TPSA) is 87.3 Å². The van der Waals surface area contributed by atoms with Gasteiger partial charge in [-0.2, -0.15) is 0 Å². The Morgan fingerprint density at radius 3 is 1.73 bits per heavy atom. The molecule has 3 aromatic rings. The summed E-state index contributed by atoms with van der Waals surface area (Å²) in [4.78, 5) is 36.8. The van der Waals surface area contributed by atoms with Gasteiger partial charge < -0.3 is 16.0 Å². The molecule has 0 fully saturated rings. The predicted octanol–water partition coefficient (Wildman–Crippen LogP) is 4.08. The van der Waals surface area contributed by atoms with Gasteiger partial charge in [0.25, 0.3) is 17.7 Å². The minimum atomic E-state index is -0.429. The van der Waals surface area contributed by atoms with Crippen LogP contribution >= 0.6 is 0 Å². The molecule has 0 aliphatic heterocycles. The van der Waals surface area contributed by atoms with Crippen molar-refractivity contribution in [1.29, 1.82) is 0 Å². The molecule has 0 atom stereocenters. The molecule has 3 rings (SSSR count). The molecule has 0 bridgehead atoms. The summed E-state index contributed by atoms with van der Waals surface area (Å²) in [7, 11) is 0. The van der Waals surface area contributed by atoms with E-state index in [2.05, 4.69) is 16.0 Å². The lowest BCUT2D eigenvalue weighted by Gasteiger charge is -2.10. The lowest BCUT2D eigenvalue weighted by Crippen LogP contribution is -2.22. The fourth-order valence-electron chi connectivity index (χ4n) is 2.75. The van der Waals surface area contributed by atoms with Gasteiger partial charge in [0, 0.05) is 34.6 Å². The third kappa shape index (κ3) is 5.29. The van der Waals surface area contributed by atoms with E-state index in [1.165, 1.54) is 30.3 Å². The van der Waals surface area contributed by atoms with Gasteiger partial charge >= 0.3 is 0 Å². The van der Waals surface area contributed by atoms with Gasteiger partial charge in [-0.25, -0.2) is 4.39 Å². The van der Waals surface area contributed by atoms with Crippen LogP contribution in [0.25, 0.3) is 0 Å². The number of carbonyl (C=O) groups excluding carboxylic acids is 3. The molecule has 0 saturated heterocycles. The van der Waals surface area contributed by atoms with E-state index >= 15 is 0 Å². The number of hydrogen-bond donors (Lipinski definition) is 3. The van der Waals surface area contributed by atoms with Crippen LogP contribution in [-0.4, -0.2) is 24.3 Å². The molecule has 0 unspecified atom stereocenters. The van der Waals surface area contributed by atoms with Crippen molar-refractivity contribution in [3.05, 3.63) is 95.3 Å². The first-order valence-electron chi connectivity index (χ1n) is 9.33. The molecule has 0 aromatic heterocycles. The highest BCUT2D eigenvalue weighted by atomic mass is 19.1. The van der Waals surface area contributed by atoms with Crippen LogP contribution in [0.3, 0.4) is 0 Å². The second-order valence-electron chi connectivity index (χ2n) is 6.44. The van der Waals surface area contributed by atoms with Crippen LogP contribution in [0.5, 0.6) is 0 Å². The van der Waals surface area contributed by atoms with Crippen LogP contribution in [0.15, 0.2) is 72.8 Å². The van der Waals surface area contributed by atoms with Crippen molar-refractivity contribution in [3.63, 3.8) is 0 Å². The number of carbonyl (C=O) groups is 3. The summed E-state index contributed by atoms with van der Waals surface area (Å²) >= 11 is 0. The highest BCUT2D eigenvalue weighted by molar-refractivity contribution is 6.07. The molecule has 0 aliphatic rings. The zero-order valence-corrected chi connectivity index (χ0v) is 16.2. The molecule has 3 N–H and O–H groups in total. The SMILES string of the molecule is CCNC(=O)c1cccc(NC(=O)c2cccc(NC(=O)c3ccc(F)cc3)c2)c1. The molecule has 0 spiro atoms. The van der Waals surface area contributed by atoms with Crippen molar-refractivity contribution in [3.8, 4) is 0 Å². The fraction of sp³-hybridized carbons (Fsp3) is 0.0870. The Bertz CT molecular complexity index is 1080. The average molecular weight is 405 g/mol. The number of benzene rings is 3. The van der Waals surface area contributed by atoms with Crippen LogP contribution in [0.1, 0.15) is 38.0 Å². The average Bonchev–Trinajstić information content (AvgIpc) is 2.74. The maximum Gasteiger partial charge on any atom is 0.255 e. The first kappa shape index (κ1) is 20.7. The number of amides is 3. The molecule has 0 saturated carbocycles. The minimum absolute atomic E-state index is 0.223. The summed E-state index contributed by atoms with van der Waals surface area (Å²) < 4.78 is 13.0. The molecule has 0 radical (unpaired) electrons. The summed E-state index contributed by atoms with van der Waals surface area (Å²) in [5.74, 6) is -1.45. The number of rotatable bonds is 6. The van der Waals surface area contributed by atoms with Crippen LogP contribution in [0, 0.1) is 5.82 Å². The van der Waals surface area contributed by atoms with Gasteiger partial charge in [-0.05, 0) is 67.6 Å². The largest absolute Gasteiger partial charge is 0.352 e. The van der Waals surface area contributed by atoms with Gasteiger partial charge in [0.15, 0.2) is 0 Å². The molecule has 0 heterocycles. The summed E-state index contributed by atoms with van der Waals surface area (Å²) in [5.41, 5.74) is 1.97. The van der Waals surface area contributed by atoms with Crippen molar-refractivity contribution in [2.75, 3.05) is 17.2 Å². The third-order valence-electron chi connectivity index (χ3n) is 4.21. The maximum atomic E-state index is 13.0. The van der Waals surface area contributed by atoms with Crippen molar-refractivity contribution in [1.82, 2.24) is 5.32 Å². The van der Waals surface area contributed by atoms with E-state index in [4.69, 9.17) is 0 Å². The van der Waals surface area contributed by atoms with E-state index < -0.39 is 11.7 Å². The van der Waals surface area contributed by atoms with Crippen LogP contribution < -0.4 is 16.0 Å². The Labute approximate surface area is 173 Å². The van der Waals surface area contributed by atoms with Gasteiger partial charge in [0.05, 0.1) is 0 Å². The Morgan fingerprint density at radius 1 is 0.700 bits per heavy atom. The molecule has 3 aromatic carbocycles. The van der Waals surface area contributed by atoms with Gasteiger partial charge in [-0.15, -0.1) is 0 Å². The second-order valence-corrected chi connectivity index (χ2v) is 6.44. The minimum Gasteiger partial charge on any atom is -0.352 e. The van der Waals surface area contributed by atoms with Crippen molar-refractivity contribution in [2.45, 2.75) is 6.92 Å². The molecule has 3 amide bonds. The van der Waals surface area contributed by atoms with Gasteiger partial charge in [-0.3, -0.25) is 14.4 Å². The van der Waals surface area contributed by atoms with E-state index in [9.17, 15) is 18.8 Å². The van der Waals surface area contributed by atoms with Crippen LogP contribution in [0.2, 0.25) is 0 Å². The molecular weight excluding hydrogens is 385 g/mol. The normalized spacial score (nSPS) is 10.2. The molecule has 6 nitrogen and oxygen atoms in total. The Kier molecular flexibility index (Phi) is 6.54. The zero-order chi connectivity index (χ0) is 21.5. The molecule has 7 heteroatoms. The van der Waals surface area contributed by atoms with E-state index in [0.29, 0.717) is 34.6 Å². The highest BCUT2D eigenvalue weighted by Gasteiger charge is 2.11. The van der Waals surface area contributed by atoms with E-state index in [0.717, 1.165) is 0 Å². The van der Waals surface area contributed by atoms with Crippen molar-refractivity contribution < 1.29 is 18.8 Å². The Morgan fingerprint density at radius 2 is 1.20 bits per heavy atom. The molecule has 0 aliphatic carbocycles. The summed E-state index contributed by atoms with van der Waals surface area (Å²) in [6, 6.07) is 18.2. The first-order chi connectivity index (χ1) is 14.5. The number of anilines is 2. The van der Waals surface area contributed by atoms with E-state index in [-0.39, 0.29) is 11.8 Å². The fourth-order valence-corrected chi connectivity index (χ4v) is 2.75. The second kappa shape index (κ2) is 9.47. The summed E-state index contributed by atoms with van der Waals surface area (Å²) in [6.45, 7) is 2.33. The summed E-state index contributed by atoms with van der Waals surface area (Å²) in [6.07, 6.45) is 0. The van der Waals surface area contributed by atoms with Gasteiger partial charge in [-0.1, -0.05) is 12.1 Å². The number of nitrogens with one attached hydrogen (secondary N) is 3. The van der Waals surface area contributed by atoms with E-state index in [1.54, 1.807) is 42.5 Å². The lowest BCUT2D eigenvalue weighted by atomic mass is 10.1. The standard InChI is InChI=1S/C23H20FN3O3/c1-2-25-21(28)16-5-3-7-19(13-16)27-23(30)17-6-4-8-20(14-17)26-22(29)15-9-11-18(24)12-10-15/h3-14H,2H2,1H3,(H,25,28)(H,26,29)(H,27,30). The molecule has 30 heavy (non-hydrogen) atoms. The number of hydrogen-bond acceptors (Lipinski definition) is 3. The Balaban J connectivity index is 1.70. The van der Waals surface area contributed by atoms with Crippen LogP contribution in [0.4, 0.5) is 15.8 Å². The number of halogens is 1. The zero-order valence-electron chi connectivity index (χ0n) is 16.2. The van der Waals surface area contributed by atoms with Gasteiger partial charge in [0.2, 0.25) is 0 Å².